The second-order valence-electron chi connectivity index (χ2n) is 11.2. The first-order chi connectivity index (χ1) is 18.0. The molecule has 0 saturated carbocycles. The quantitative estimate of drug-likeness (QED) is 0.0773. The molecule has 220 valence electrons. The van der Waals surface area contributed by atoms with E-state index in [0.717, 1.165) is 30.9 Å². The van der Waals surface area contributed by atoms with Gasteiger partial charge in [-0.25, -0.2) is 0 Å². The number of ether oxygens (including phenoxy) is 5. The van der Waals surface area contributed by atoms with Crippen LogP contribution in [-0.2, 0) is 30.2 Å². The summed E-state index contributed by atoms with van der Waals surface area (Å²) in [6, 6.07) is 7.75. The predicted molar refractivity (Wildman–Crippen MR) is 161 cm³/mol. The number of Topliss-reactive ketones (excluding diaryl/α,β-unsaturated/α-hetero) is 1. The van der Waals surface area contributed by atoms with E-state index in [1.54, 1.807) is 21.6 Å². The van der Waals surface area contributed by atoms with Crippen LogP contribution in [0.3, 0.4) is 0 Å². The molecule has 0 amide bonds. The van der Waals surface area contributed by atoms with Crippen LogP contribution in [-0.4, -0.2) is 68.8 Å². The third-order valence-electron chi connectivity index (χ3n) is 5.04. The van der Waals surface area contributed by atoms with E-state index < -0.39 is 0 Å². The van der Waals surface area contributed by atoms with Crippen LogP contribution in [0.4, 0.5) is 0 Å². The normalized spacial score (nSPS) is 12.9. The molecule has 0 heterocycles. The van der Waals surface area contributed by atoms with Gasteiger partial charge in [0.15, 0.2) is 0 Å². The lowest BCUT2D eigenvalue weighted by Crippen LogP contribution is -2.21. The van der Waals surface area contributed by atoms with E-state index in [4.69, 9.17) is 23.7 Å². The number of hydrogen-bond donors (Lipinski definition) is 0. The molecule has 0 bridgehead atoms. The summed E-state index contributed by atoms with van der Waals surface area (Å²) in [4.78, 5) is 12.4. The van der Waals surface area contributed by atoms with Crippen molar-refractivity contribution in [3.8, 4) is 5.75 Å². The minimum atomic E-state index is -0.122. The fourth-order valence-corrected chi connectivity index (χ4v) is 5.38. The molecule has 0 aliphatic rings. The molecule has 1 aromatic carbocycles. The van der Waals surface area contributed by atoms with Crippen LogP contribution in [0.15, 0.2) is 24.3 Å². The molecule has 1 aromatic rings. The van der Waals surface area contributed by atoms with Crippen LogP contribution in [0.2, 0.25) is 0 Å². The predicted octanol–water partition coefficient (Wildman–Crippen LogP) is 7.23. The Morgan fingerprint density at radius 3 is 2.26 bits per heavy atom. The highest BCUT2D eigenvalue weighted by molar-refractivity contribution is 8.77. The van der Waals surface area contributed by atoms with Crippen molar-refractivity contribution in [3.05, 3.63) is 29.8 Å². The summed E-state index contributed by atoms with van der Waals surface area (Å²) in [5.41, 5.74) is 0.820. The highest BCUT2D eigenvalue weighted by atomic mass is 33.1. The number of carbonyl (C=O) groups excluding carboxylic acids is 1. The van der Waals surface area contributed by atoms with E-state index in [9.17, 15) is 4.79 Å². The van der Waals surface area contributed by atoms with Gasteiger partial charge in [0.2, 0.25) is 0 Å². The third kappa shape index (κ3) is 21.1. The van der Waals surface area contributed by atoms with Gasteiger partial charge in [0, 0.05) is 30.8 Å². The summed E-state index contributed by atoms with van der Waals surface area (Å²) in [5.74, 6) is 2.11. The van der Waals surface area contributed by atoms with Gasteiger partial charge in [-0.2, -0.15) is 0 Å². The molecule has 0 radical (unpaired) electrons. The van der Waals surface area contributed by atoms with Crippen molar-refractivity contribution in [2.75, 3.05) is 52.9 Å². The molecule has 1 rings (SSSR count). The van der Waals surface area contributed by atoms with Gasteiger partial charge in [0.25, 0.3) is 0 Å². The van der Waals surface area contributed by atoms with Crippen molar-refractivity contribution in [2.45, 2.75) is 84.3 Å². The molecule has 38 heavy (non-hydrogen) atoms. The Morgan fingerprint density at radius 2 is 1.58 bits per heavy atom. The molecule has 1 atom stereocenters. The zero-order chi connectivity index (χ0) is 28.2. The second-order valence-corrected chi connectivity index (χ2v) is 14.4. The number of rotatable bonds is 23. The topological polar surface area (TPSA) is 63.2 Å². The van der Waals surface area contributed by atoms with Crippen LogP contribution < -0.4 is 4.74 Å². The highest BCUT2D eigenvalue weighted by Gasteiger charge is 2.18. The van der Waals surface area contributed by atoms with Gasteiger partial charge in [0.05, 0.1) is 33.0 Å². The molecule has 6 nitrogen and oxygen atoms in total. The number of ketones is 1. The summed E-state index contributed by atoms with van der Waals surface area (Å²) >= 11 is 0. The largest absolute Gasteiger partial charge is 0.490 e. The summed E-state index contributed by atoms with van der Waals surface area (Å²) < 4.78 is 29.0. The molecule has 0 spiro atoms. The molecular weight excluding hydrogens is 520 g/mol. The Labute approximate surface area is 240 Å². The highest BCUT2D eigenvalue weighted by Crippen LogP contribution is 2.38. The SMILES string of the molecule is CC(C)CCCOCCOCCC(=O)Cc1cccc(OCC(OCCOCC(C)C)SSC(C)(C)C)c1. The lowest BCUT2D eigenvalue weighted by atomic mass is 10.1. The van der Waals surface area contributed by atoms with E-state index in [0.29, 0.717) is 64.3 Å². The van der Waals surface area contributed by atoms with E-state index >= 15 is 0 Å². The fraction of sp³-hybridized carbons (Fsp3) is 0.767. The zero-order valence-corrected chi connectivity index (χ0v) is 26.4. The Hall–Kier alpha value is -0.770. The lowest BCUT2D eigenvalue weighted by molar-refractivity contribution is -0.119. The Bertz CT molecular complexity index is 736. The lowest BCUT2D eigenvalue weighted by Gasteiger charge is -2.22. The van der Waals surface area contributed by atoms with E-state index in [1.807, 2.05) is 24.3 Å². The first kappa shape index (κ1) is 35.3. The van der Waals surface area contributed by atoms with E-state index in [1.165, 1.54) is 6.42 Å². The van der Waals surface area contributed by atoms with Crippen LogP contribution in [0, 0.1) is 11.8 Å². The minimum Gasteiger partial charge on any atom is -0.490 e. The molecule has 0 N–H and O–H groups in total. The molecule has 0 aliphatic carbocycles. The van der Waals surface area contributed by atoms with Gasteiger partial charge in [0.1, 0.15) is 23.6 Å². The molecule has 0 aliphatic heterocycles. The average Bonchev–Trinajstić information content (AvgIpc) is 2.83. The van der Waals surface area contributed by atoms with Crippen molar-refractivity contribution in [1.82, 2.24) is 0 Å². The monoisotopic (exact) mass is 572 g/mol. The van der Waals surface area contributed by atoms with Gasteiger partial charge in [-0.05, 0) is 42.4 Å². The minimum absolute atomic E-state index is 0.116. The van der Waals surface area contributed by atoms with Crippen LogP contribution in [0.5, 0.6) is 5.75 Å². The van der Waals surface area contributed by atoms with Gasteiger partial charge in [-0.15, -0.1) is 0 Å². The Balaban J connectivity index is 2.37. The first-order valence-corrected chi connectivity index (χ1v) is 16.2. The van der Waals surface area contributed by atoms with Crippen molar-refractivity contribution < 1.29 is 28.5 Å². The van der Waals surface area contributed by atoms with Crippen LogP contribution >= 0.6 is 21.6 Å². The van der Waals surface area contributed by atoms with Crippen molar-refractivity contribution >= 4 is 27.4 Å². The molecule has 8 heteroatoms. The molecular formula is C30H52O6S2. The molecule has 0 aromatic heterocycles. The maximum atomic E-state index is 12.4. The Morgan fingerprint density at radius 1 is 0.868 bits per heavy atom. The number of benzene rings is 1. The average molecular weight is 573 g/mol. The van der Waals surface area contributed by atoms with Gasteiger partial charge in [-0.3, -0.25) is 4.79 Å². The van der Waals surface area contributed by atoms with Crippen molar-refractivity contribution in [3.63, 3.8) is 0 Å². The summed E-state index contributed by atoms with van der Waals surface area (Å²) in [7, 11) is 3.46. The molecule has 0 saturated heterocycles. The summed E-state index contributed by atoms with van der Waals surface area (Å²) in [6.45, 7) is 19.8. The van der Waals surface area contributed by atoms with Crippen LogP contribution in [0.25, 0.3) is 0 Å². The fourth-order valence-electron chi connectivity index (χ4n) is 3.19. The van der Waals surface area contributed by atoms with Gasteiger partial charge >= 0.3 is 0 Å². The maximum Gasteiger partial charge on any atom is 0.147 e. The van der Waals surface area contributed by atoms with Crippen molar-refractivity contribution in [2.24, 2.45) is 11.8 Å². The van der Waals surface area contributed by atoms with E-state index in [-0.39, 0.29) is 16.0 Å². The smallest absolute Gasteiger partial charge is 0.147 e. The van der Waals surface area contributed by atoms with E-state index in [2.05, 4.69) is 48.5 Å². The third-order valence-corrected chi connectivity index (χ3v) is 8.56. The van der Waals surface area contributed by atoms with Gasteiger partial charge < -0.3 is 23.7 Å². The Kier molecular flexibility index (Phi) is 19.5. The molecule has 0 fully saturated rings. The second kappa shape index (κ2) is 21.0. The first-order valence-electron chi connectivity index (χ1n) is 14.0. The number of hydrogen-bond acceptors (Lipinski definition) is 8. The summed E-state index contributed by atoms with van der Waals surface area (Å²) in [6.07, 6.45) is 3.02. The van der Waals surface area contributed by atoms with Crippen LogP contribution in [0.1, 0.15) is 73.3 Å². The van der Waals surface area contributed by atoms with Crippen molar-refractivity contribution in [1.29, 1.82) is 0 Å². The summed E-state index contributed by atoms with van der Waals surface area (Å²) in [5, 5.41) is 0. The zero-order valence-electron chi connectivity index (χ0n) is 24.8. The van der Waals surface area contributed by atoms with Gasteiger partial charge in [-0.1, -0.05) is 82.2 Å². The number of carbonyl (C=O) groups is 1. The maximum absolute atomic E-state index is 12.4. The standard InChI is InChI=1S/C30H52O6S2/c1-24(2)10-9-14-32-16-17-33-15-13-27(31)20-26-11-8-12-28(21-26)36-23-29(37-38-30(5,6)7)35-19-18-34-22-25(3)4/h8,11-12,21,24-25,29H,9-10,13-20,22-23H2,1-7H3. The molecule has 1 unspecified atom stereocenters.